The maximum absolute atomic E-state index is 12.9. The number of carbonyl (C=O) groups is 2. The lowest BCUT2D eigenvalue weighted by Crippen LogP contribution is -2.30. The fraction of sp³-hybridized carbons (Fsp3) is 0.400. The number of benzene rings is 1. The molecule has 9 heteroatoms. The Morgan fingerprint density at radius 2 is 2.07 bits per heavy atom. The number of anilines is 1. The summed E-state index contributed by atoms with van der Waals surface area (Å²) in [6.45, 7) is 6.73. The lowest BCUT2D eigenvalue weighted by atomic mass is 10.0. The molecule has 0 radical (unpaired) electrons. The van der Waals surface area contributed by atoms with Crippen molar-refractivity contribution in [3.8, 4) is 5.75 Å². The number of thiophene rings is 1. The summed E-state index contributed by atoms with van der Waals surface area (Å²) in [5.41, 5.74) is 1.75. The first-order chi connectivity index (χ1) is 13.5. The fourth-order valence-corrected chi connectivity index (χ4v) is 4.71. The quantitative estimate of drug-likeness (QED) is 0.638. The molecule has 0 unspecified atom stereocenters. The number of carbonyl (C=O) groups excluding carboxylic acids is 2. The molecule has 0 aliphatic carbocycles. The largest absolute Gasteiger partial charge is 0.496 e. The van der Waals surface area contributed by atoms with Gasteiger partial charge in [-0.1, -0.05) is 18.5 Å². The van der Waals surface area contributed by atoms with Gasteiger partial charge in [0.15, 0.2) is 0 Å². The van der Waals surface area contributed by atoms with Crippen molar-refractivity contribution in [1.29, 1.82) is 0 Å². The second-order valence-corrected chi connectivity index (χ2v) is 7.89. The molecule has 158 valence electrons. The molecule has 3 rings (SSSR count). The summed E-state index contributed by atoms with van der Waals surface area (Å²) in [5, 5.41) is 3.82. The van der Waals surface area contributed by atoms with Crippen LogP contribution in [0.5, 0.6) is 5.75 Å². The van der Waals surface area contributed by atoms with Crippen LogP contribution in [0.2, 0.25) is 5.02 Å². The average molecular weight is 459 g/mol. The van der Waals surface area contributed by atoms with Crippen LogP contribution in [0.25, 0.3) is 0 Å². The smallest absolute Gasteiger partial charge is 0.341 e. The highest BCUT2D eigenvalue weighted by Crippen LogP contribution is 2.38. The van der Waals surface area contributed by atoms with E-state index in [4.69, 9.17) is 21.1 Å². The van der Waals surface area contributed by atoms with Crippen LogP contribution in [0.15, 0.2) is 18.2 Å². The fourth-order valence-electron chi connectivity index (χ4n) is 3.26. The van der Waals surface area contributed by atoms with Crippen molar-refractivity contribution < 1.29 is 19.1 Å². The number of nitrogens with zero attached hydrogens (tertiary/aromatic N) is 1. The topological polar surface area (TPSA) is 67.9 Å². The first-order valence-electron chi connectivity index (χ1n) is 9.17. The van der Waals surface area contributed by atoms with Crippen LogP contribution in [0.4, 0.5) is 5.00 Å². The standard InChI is InChI=1S/C20H23ClN2O4S.ClH/c1-4-23-9-8-13-16(11-23)28-19(17(13)20(25)27-5-2)22-18(24)14-10-12(21)6-7-15(14)26-3;/h6-7,10H,4-5,8-9,11H2,1-3H3,(H,22,24);1H. The lowest BCUT2D eigenvalue weighted by Gasteiger charge is -2.25. The Labute approximate surface area is 185 Å². The maximum atomic E-state index is 12.9. The molecule has 0 saturated heterocycles. The summed E-state index contributed by atoms with van der Waals surface area (Å²) < 4.78 is 10.5. The third kappa shape index (κ3) is 5.04. The lowest BCUT2D eigenvalue weighted by molar-refractivity contribution is 0.0526. The van der Waals surface area contributed by atoms with Crippen molar-refractivity contribution >= 4 is 52.2 Å². The Bertz CT molecular complexity index is 901. The first-order valence-corrected chi connectivity index (χ1v) is 10.4. The van der Waals surface area contributed by atoms with Gasteiger partial charge in [0.1, 0.15) is 10.8 Å². The van der Waals surface area contributed by atoms with Gasteiger partial charge in [-0.15, -0.1) is 23.7 Å². The number of halogens is 2. The van der Waals surface area contributed by atoms with E-state index in [-0.39, 0.29) is 24.9 Å². The minimum Gasteiger partial charge on any atom is -0.496 e. The summed E-state index contributed by atoms with van der Waals surface area (Å²) in [5.74, 6) is -0.368. The van der Waals surface area contributed by atoms with Crippen molar-refractivity contribution in [2.24, 2.45) is 0 Å². The van der Waals surface area contributed by atoms with E-state index in [2.05, 4.69) is 17.1 Å². The predicted molar refractivity (Wildman–Crippen MR) is 118 cm³/mol. The zero-order valence-corrected chi connectivity index (χ0v) is 18.9. The summed E-state index contributed by atoms with van der Waals surface area (Å²) in [7, 11) is 1.49. The van der Waals surface area contributed by atoms with Gasteiger partial charge in [0.05, 0.1) is 24.8 Å². The Morgan fingerprint density at radius 1 is 1.31 bits per heavy atom. The molecule has 0 spiro atoms. The number of hydrogen-bond acceptors (Lipinski definition) is 6. The molecule has 1 aromatic heterocycles. The number of ether oxygens (including phenoxy) is 2. The predicted octanol–water partition coefficient (Wildman–Crippen LogP) is 4.64. The third-order valence-electron chi connectivity index (χ3n) is 4.70. The van der Waals surface area contributed by atoms with Gasteiger partial charge in [0, 0.05) is 23.0 Å². The van der Waals surface area contributed by atoms with Crippen LogP contribution in [0, 0.1) is 0 Å². The number of hydrogen-bond donors (Lipinski definition) is 1. The van der Waals surface area contributed by atoms with Crippen molar-refractivity contribution in [2.45, 2.75) is 26.8 Å². The van der Waals surface area contributed by atoms with Crippen LogP contribution in [-0.2, 0) is 17.7 Å². The first kappa shape index (κ1) is 23.5. The zero-order chi connectivity index (χ0) is 20.3. The van der Waals surface area contributed by atoms with Crippen LogP contribution in [0.3, 0.4) is 0 Å². The van der Waals surface area contributed by atoms with E-state index in [1.807, 2.05) is 0 Å². The van der Waals surface area contributed by atoms with E-state index in [0.29, 0.717) is 26.9 Å². The number of methoxy groups -OCH3 is 1. The van der Waals surface area contributed by atoms with Gasteiger partial charge in [-0.05, 0) is 43.7 Å². The number of esters is 1. The van der Waals surface area contributed by atoms with Gasteiger partial charge >= 0.3 is 5.97 Å². The minimum absolute atomic E-state index is 0. The minimum atomic E-state index is -0.404. The van der Waals surface area contributed by atoms with Crippen molar-refractivity contribution in [1.82, 2.24) is 4.90 Å². The molecule has 1 amide bonds. The van der Waals surface area contributed by atoms with Crippen LogP contribution in [0.1, 0.15) is 45.0 Å². The molecule has 1 aromatic carbocycles. The van der Waals surface area contributed by atoms with Gasteiger partial charge in [-0.25, -0.2) is 4.79 Å². The number of rotatable bonds is 6. The van der Waals surface area contributed by atoms with Crippen molar-refractivity contribution in [3.63, 3.8) is 0 Å². The average Bonchev–Trinajstić information content (AvgIpc) is 3.04. The van der Waals surface area contributed by atoms with Crippen LogP contribution >= 0.6 is 35.3 Å². The normalized spacial score (nSPS) is 13.2. The second-order valence-electron chi connectivity index (χ2n) is 6.35. The molecule has 6 nitrogen and oxygen atoms in total. The molecule has 2 aromatic rings. The monoisotopic (exact) mass is 458 g/mol. The number of nitrogens with one attached hydrogen (secondary N) is 1. The van der Waals surface area contributed by atoms with Gasteiger partial charge in [-0.3, -0.25) is 9.69 Å². The molecule has 0 saturated carbocycles. The Balaban J connectivity index is 0.00000300. The molecule has 1 N–H and O–H groups in total. The van der Waals surface area contributed by atoms with E-state index in [1.165, 1.54) is 18.4 Å². The molecule has 29 heavy (non-hydrogen) atoms. The Hall–Kier alpha value is -1.80. The maximum Gasteiger partial charge on any atom is 0.341 e. The van der Waals surface area contributed by atoms with Gasteiger partial charge < -0.3 is 14.8 Å². The van der Waals surface area contributed by atoms with Gasteiger partial charge in [-0.2, -0.15) is 0 Å². The summed E-state index contributed by atoms with van der Waals surface area (Å²) >= 11 is 7.47. The van der Waals surface area contributed by atoms with E-state index in [9.17, 15) is 9.59 Å². The molecular weight excluding hydrogens is 435 g/mol. The summed E-state index contributed by atoms with van der Waals surface area (Å²) in [6.07, 6.45) is 0.754. The zero-order valence-electron chi connectivity index (χ0n) is 16.5. The highest BCUT2D eigenvalue weighted by molar-refractivity contribution is 7.17. The van der Waals surface area contributed by atoms with Crippen molar-refractivity contribution in [3.05, 3.63) is 44.8 Å². The van der Waals surface area contributed by atoms with E-state index < -0.39 is 5.97 Å². The number of amides is 1. The van der Waals surface area contributed by atoms with Crippen LogP contribution < -0.4 is 10.1 Å². The van der Waals surface area contributed by atoms with E-state index >= 15 is 0 Å². The highest BCUT2D eigenvalue weighted by atomic mass is 35.5. The SMILES string of the molecule is CCOC(=O)c1c(NC(=O)c2cc(Cl)ccc2OC)sc2c1CCN(CC)C2.Cl. The third-order valence-corrected chi connectivity index (χ3v) is 6.06. The molecule has 0 bridgehead atoms. The Morgan fingerprint density at radius 3 is 2.72 bits per heavy atom. The van der Waals surface area contributed by atoms with Gasteiger partial charge in [0.2, 0.25) is 0 Å². The van der Waals surface area contributed by atoms with Crippen molar-refractivity contribution in [2.75, 3.05) is 32.1 Å². The molecule has 1 aliphatic heterocycles. The van der Waals surface area contributed by atoms with E-state index in [1.54, 1.807) is 25.1 Å². The van der Waals surface area contributed by atoms with Gasteiger partial charge in [0.25, 0.3) is 5.91 Å². The molecule has 0 fully saturated rings. The summed E-state index contributed by atoms with van der Waals surface area (Å²) in [4.78, 5) is 28.9. The highest BCUT2D eigenvalue weighted by Gasteiger charge is 2.29. The number of fused-ring (bicyclic) bond motifs is 1. The Kier molecular flexibility index (Phi) is 8.34. The molecule has 2 heterocycles. The van der Waals surface area contributed by atoms with E-state index in [0.717, 1.165) is 36.5 Å². The summed E-state index contributed by atoms with van der Waals surface area (Å²) in [6, 6.07) is 4.85. The molecule has 1 aliphatic rings. The second kappa shape index (κ2) is 10.3. The van der Waals surface area contributed by atoms with Crippen LogP contribution in [-0.4, -0.2) is 43.6 Å². The molecule has 0 atom stereocenters. The number of likely N-dealkylation sites (N-methyl/N-ethyl adjacent to an activating group) is 1. The molecular formula is C20H24Cl2N2O4S.